The normalized spacial score (nSPS) is 10.8. The monoisotopic (exact) mass is 426 g/mol. The van der Waals surface area contributed by atoms with E-state index >= 15 is 0 Å². The molecule has 2 aromatic carbocycles. The highest BCUT2D eigenvalue weighted by molar-refractivity contribution is 5.96. The molecule has 9 heteroatoms. The number of amides is 1. The van der Waals surface area contributed by atoms with Crippen molar-refractivity contribution < 1.29 is 13.9 Å². The van der Waals surface area contributed by atoms with Crippen LogP contribution in [-0.4, -0.2) is 35.7 Å². The van der Waals surface area contributed by atoms with Gasteiger partial charge < -0.3 is 15.4 Å². The molecule has 0 aliphatic heterocycles. The van der Waals surface area contributed by atoms with Gasteiger partial charge in [-0.3, -0.25) is 19.1 Å². The third-order valence-corrected chi connectivity index (χ3v) is 4.73. The number of H-pyrrole nitrogens is 1. The van der Waals surface area contributed by atoms with Crippen molar-refractivity contribution in [2.45, 2.75) is 13.0 Å². The number of halogens is 1. The van der Waals surface area contributed by atoms with Crippen LogP contribution in [0.25, 0.3) is 0 Å². The molecule has 0 aliphatic rings. The van der Waals surface area contributed by atoms with Crippen molar-refractivity contribution in [1.29, 1.82) is 0 Å². The Labute approximate surface area is 177 Å². The van der Waals surface area contributed by atoms with Gasteiger partial charge in [-0.1, -0.05) is 42.5 Å². The first-order valence-corrected chi connectivity index (χ1v) is 9.61. The molecule has 0 fully saturated rings. The maximum Gasteiger partial charge on any atom is 0.330 e. The number of carbonyl (C=O) groups is 1. The van der Waals surface area contributed by atoms with Crippen LogP contribution in [0.2, 0.25) is 0 Å². The number of anilines is 2. The molecular formula is C22H23FN4O4. The summed E-state index contributed by atoms with van der Waals surface area (Å²) in [7, 11) is 1.46. The first kappa shape index (κ1) is 22.0. The Kier molecular flexibility index (Phi) is 6.99. The Morgan fingerprint density at radius 2 is 1.84 bits per heavy atom. The fourth-order valence-corrected chi connectivity index (χ4v) is 3.22. The number of carbonyl (C=O) groups excluding carboxylic acids is 1. The second-order valence-electron chi connectivity index (χ2n) is 6.91. The SMILES string of the molecule is COCCN(C(=O)Cc1cccc(F)c1)c1c(N)n(Cc2ccccc2)c(=O)[nH]c1=O. The third-order valence-electron chi connectivity index (χ3n) is 4.73. The van der Waals surface area contributed by atoms with Crippen LogP contribution < -0.4 is 21.9 Å². The van der Waals surface area contributed by atoms with E-state index in [2.05, 4.69) is 4.98 Å². The van der Waals surface area contributed by atoms with Crippen molar-refractivity contribution >= 4 is 17.4 Å². The third kappa shape index (κ3) is 5.26. The topological polar surface area (TPSA) is 110 Å². The van der Waals surface area contributed by atoms with Crippen molar-refractivity contribution in [2.24, 2.45) is 0 Å². The minimum atomic E-state index is -0.782. The molecule has 0 bridgehead atoms. The molecule has 0 saturated heterocycles. The number of aromatic nitrogens is 2. The van der Waals surface area contributed by atoms with Crippen molar-refractivity contribution in [2.75, 3.05) is 30.9 Å². The molecule has 0 saturated carbocycles. The zero-order valence-electron chi connectivity index (χ0n) is 17.0. The van der Waals surface area contributed by atoms with E-state index in [9.17, 15) is 18.8 Å². The molecule has 0 aliphatic carbocycles. The molecule has 0 atom stereocenters. The highest BCUT2D eigenvalue weighted by Crippen LogP contribution is 2.19. The van der Waals surface area contributed by atoms with Crippen LogP contribution in [0.4, 0.5) is 15.9 Å². The lowest BCUT2D eigenvalue weighted by Gasteiger charge is -2.24. The number of nitrogens with one attached hydrogen (secondary N) is 1. The summed E-state index contributed by atoms with van der Waals surface area (Å²) in [6, 6.07) is 14.7. The molecule has 3 rings (SSSR count). The molecule has 3 aromatic rings. The van der Waals surface area contributed by atoms with Crippen molar-refractivity contribution in [3.8, 4) is 0 Å². The van der Waals surface area contributed by atoms with Gasteiger partial charge in [0.15, 0.2) is 5.69 Å². The highest BCUT2D eigenvalue weighted by atomic mass is 19.1. The molecule has 31 heavy (non-hydrogen) atoms. The van der Waals surface area contributed by atoms with E-state index in [0.717, 1.165) is 5.56 Å². The number of hydrogen-bond donors (Lipinski definition) is 2. The molecular weight excluding hydrogens is 403 g/mol. The molecule has 1 amide bonds. The van der Waals surface area contributed by atoms with E-state index in [1.165, 1.54) is 34.8 Å². The van der Waals surface area contributed by atoms with E-state index < -0.39 is 23.0 Å². The van der Waals surface area contributed by atoms with Crippen LogP contribution in [0.1, 0.15) is 11.1 Å². The van der Waals surface area contributed by atoms with E-state index in [-0.39, 0.29) is 37.6 Å². The van der Waals surface area contributed by atoms with Crippen LogP contribution in [0.3, 0.4) is 0 Å². The Balaban J connectivity index is 2.02. The minimum absolute atomic E-state index is 0.0292. The summed E-state index contributed by atoms with van der Waals surface area (Å²) in [6.45, 7) is 0.276. The zero-order chi connectivity index (χ0) is 22.4. The van der Waals surface area contributed by atoms with Gasteiger partial charge in [0.05, 0.1) is 19.6 Å². The number of benzene rings is 2. The summed E-state index contributed by atoms with van der Waals surface area (Å²) in [5.74, 6) is -1.09. The molecule has 0 unspecified atom stereocenters. The number of aromatic amines is 1. The van der Waals surface area contributed by atoms with E-state index in [0.29, 0.717) is 5.56 Å². The van der Waals surface area contributed by atoms with Gasteiger partial charge in [-0.25, -0.2) is 9.18 Å². The molecule has 0 spiro atoms. The van der Waals surface area contributed by atoms with E-state index in [1.807, 2.05) is 30.3 Å². The molecule has 162 valence electrons. The number of nitrogen functional groups attached to an aromatic ring is 1. The average Bonchev–Trinajstić information content (AvgIpc) is 2.74. The number of rotatable bonds is 8. The smallest absolute Gasteiger partial charge is 0.330 e. The Bertz CT molecular complexity index is 1170. The maximum atomic E-state index is 13.5. The molecule has 0 radical (unpaired) electrons. The lowest BCUT2D eigenvalue weighted by atomic mass is 10.1. The minimum Gasteiger partial charge on any atom is -0.383 e. The van der Waals surface area contributed by atoms with Crippen molar-refractivity contribution in [1.82, 2.24) is 9.55 Å². The lowest BCUT2D eigenvalue weighted by molar-refractivity contribution is -0.118. The zero-order valence-corrected chi connectivity index (χ0v) is 17.0. The summed E-state index contributed by atoms with van der Waals surface area (Å²) in [5, 5.41) is 0. The van der Waals surface area contributed by atoms with Crippen LogP contribution >= 0.6 is 0 Å². The molecule has 8 nitrogen and oxygen atoms in total. The summed E-state index contributed by atoms with van der Waals surface area (Å²) in [5.41, 5.74) is 5.84. The van der Waals surface area contributed by atoms with Gasteiger partial charge in [0.25, 0.3) is 5.56 Å². The number of nitrogens with two attached hydrogens (primary N) is 1. The van der Waals surface area contributed by atoms with Crippen molar-refractivity contribution in [3.63, 3.8) is 0 Å². The standard InChI is InChI=1S/C22H23FN4O4/c1-31-11-10-26(18(28)13-16-8-5-9-17(23)12-16)19-20(24)27(22(30)25-21(19)29)14-15-6-3-2-4-7-15/h2-9,12H,10-11,13-14,24H2,1H3,(H,25,29,30). The van der Waals surface area contributed by atoms with Gasteiger partial charge in [-0.2, -0.15) is 0 Å². The van der Waals surface area contributed by atoms with Gasteiger partial charge >= 0.3 is 5.69 Å². The second kappa shape index (κ2) is 9.86. The Morgan fingerprint density at radius 3 is 2.52 bits per heavy atom. The van der Waals surface area contributed by atoms with Gasteiger partial charge in [0, 0.05) is 13.7 Å². The predicted octanol–water partition coefficient (Wildman–Crippen LogP) is 1.53. The number of nitrogens with zero attached hydrogens (tertiary/aromatic N) is 2. The van der Waals surface area contributed by atoms with Crippen LogP contribution in [0, 0.1) is 5.82 Å². The number of ether oxygens (including phenoxy) is 1. The fraction of sp³-hybridized carbons (Fsp3) is 0.227. The number of methoxy groups -OCH3 is 1. The molecule has 1 heterocycles. The Hall–Kier alpha value is -3.72. The second-order valence-corrected chi connectivity index (χ2v) is 6.91. The highest BCUT2D eigenvalue weighted by Gasteiger charge is 2.24. The van der Waals surface area contributed by atoms with E-state index in [4.69, 9.17) is 10.5 Å². The van der Waals surface area contributed by atoms with Gasteiger partial charge in [-0.05, 0) is 23.3 Å². The quantitative estimate of drug-likeness (QED) is 0.568. The van der Waals surface area contributed by atoms with Gasteiger partial charge in [0.1, 0.15) is 11.6 Å². The largest absolute Gasteiger partial charge is 0.383 e. The Morgan fingerprint density at radius 1 is 1.13 bits per heavy atom. The summed E-state index contributed by atoms with van der Waals surface area (Å²) in [4.78, 5) is 41.5. The van der Waals surface area contributed by atoms with Crippen LogP contribution in [0.15, 0.2) is 64.2 Å². The number of hydrogen-bond acceptors (Lipinski definition) is 5. The van der Waals surface area contributed by atoms with Gasteiger partial charge in [0.2, 0.25) is 5.91 Å². The summed E-state index contributed by atoms with van der Waals surface area (Å²) in [6.07, 6.45) is -0.155. The van der Waals surface area contributed by atoms with Crippen molar-refractivity contribution in [3.05, 3.63) is 92.4 Å². The predicted molar refractivity (Wildman–Crippen MR) is 116 cm³/mol. The molecule has 3 N–H and O–H groups in total. The first-order valence-electron chi connectivity index (χ1n) is 9.61. The lowest BCUT2D eigenvalue weighted by Crippen LogP contribution is -2.43. The van der Waals surface area contributed by atoms with Crippen LogP contribution in [-0.2, 0) is 22.5 Å². The maximum absolute atomic E-state index is 13.5. The van der Waals surface area contributed by atoms with E-state index in [1.54, 1.807) is 6.07 Å². The first-order chi connectivity index (χ1) is 14.9. The summed E-state index contributed by atoms with van der Waals surface area (Å²) >= 11 is 0. The average molecular weight is 426 g/mol. The summed E-state index contributed by atoms with van der Waals surface area (Å²) < 4.78 is 19.8. The fourth-order valence-electron chi connectivity index (χ4n) is 3.22. The van der Waals surface area contributed by atoms with Crippen LogP contribution in [0.5, 0.6) is 0 Å². The molecule has 1 aromatic heterocycles. The van der Waals surface area contributed by atoms with Gasteiger partial charge in [-0.15, -0.1) is 0 Å².